The van der Waals surface area contributed by atoms with Gasteiger partial charge in [0.05, 0.1) is 6.04 Å². The molecule has 3 aromatic carbocycles. The number of rotatable bonds is 10. The Hall–Kier alpha value is -2.90. The molecule has 35 heavy (non-hydrogen) atoms. The maximum Gasteiger partial charge on any atom is 0.253 e. The van der Waals surface area contributed by atoms with E-state index in [9.17, 15) is 9.90 Å². The van der Waals surface area contributed by atoms with Crippen LogP contribution in [-0.4, -0.2) is 54.7 Å². The van der Waals surface area contributed by atoms with Crippen LogP contribution in [0.25, 0.3) is 0 Å². The van der Waals surface area contributed by atoms with Gasteiger partial charge < -0.3 is 25.4 Å². The van der Waals surface area contributed by atoms with Crippen molar-refractivity contribution in [2.24, 2.45) is 0 Å². The highest BCUT2D eigenvalue weighted by Crippen LogP contribution is 2.24. The van der Waals surface area contributed by atoms with E-state index in [0.29, 0.717) is 37.0 Å². The number of amides is 1. The van der Waals surface area contributed by atoms with Gasteiger partial charge in [-0.05, 0) is 53.9 Å². The Morgan fingerprint density at radius 3 is 2.49 bits per heavy atom. The van der Waals surface area contributed by atoms with Crippen LogP contribution in [0.15, 0.2) is 78.9 Å². The molecule has 0 bridgehead atoms. The van der Waals surface area contributed by atoms with Gasteiger partial charge in [-0.3, -0.25) is 4.79 Å². The first-order valence-electron chi connectivity index (χ1n) is 12.0. The Balaban J connectivity index is 1.48. The third-order valence-corrected chi connectivity index (χ3v) is 6.41. The quantitative estimate of drug-likeness (QED) is 0.402. The highest BCUT2D eigenvalue weighted by Gasteiger charge is 2.31. The zero-order valence-corrected chi connectivity index (χ0v) is 20.5. The van der Waals surface area contributed by atoms with E-state index in [-0.39, 0.29) is 5.91 Å². The topological polar surface area (TPSA) is 73.8 Å². The molecule has 0 radical (unpaired) electrons. The van der Waals surface area contributed by atoms with Gasteiger partial charge in [-0.15, -0.1) is 0 Å². The van der Waals surface area contributed by atoms with Crippen molar-refractivity contribution < 1.29 is 14.6 Å². The fourth-order valence-electron chi connectivity index (χ4n) is 4.19. The zero-order chi connectivity index (χ0) is 24.5. The van der Waals surface area contributed by atoms with Gasteiger partial charge >= 0.3 is 0 Å². The molecule has 1 amide bonds. The maximum absolute atomic E-state index is 13.1. The van der Waals surface area contributed by atoms with Crippen LogP contribution in [-0.2, 0) is 17.8 Å². The van der Waals surface area contributed by atoms with Crippen LogP contribution in [0.5, 0.6) is 5.75 Å². The van der Waals surface area contributed by atoms with Crippen LogP contribution >= 0.6 is 11.6 Å². The van der Waals surface area contributed by atoms with E-state index in [1.807, 2.05) is 78.9 Å². The fourth-order valence-corrected chi connectivity index (χ4v) is 4.31. The van der Waals surface area contributed by atoms with Crippen LogP contribution in [0.2, 0.25) is 5.02 Å². The number of hydrogen-bond acceptors (Lipinski definition) is 5. The lowest BCUT2D eigenvalue weighted by molar-refractivity contribution is -0.142. The minimum atomic E-state index is -1.21. The van der Waals surface area contributed by atoms with Crippen molar-refractivity contribution in [1.29, 1.82) is 0 Å². The molecule has 1 aliphatic rings. The number of hydrogen-bond donors (Lipinski definition) is 3. The Morgan fingerprint density at radius 2 is 1.74 bits per heavy atom. The van der Waals surface area contributed by atoms with E-state index in [2.05, 4.69) is 10.6 Å². The van der Waals surface area contributed by atoms with Crippen molar-refractivity contribution >= 4 is 17.5 Å². The molecule has 1 saturated heterocycles. The molecule has 4 rings (SSSR count). The first kappa shape index (κ1) is 25.2. The van der Waals surface area contributed by atoms with Crippen LogP contribution < -0.4 is 15.4 Å². The highest BCUT2D eigenvalue weighted by molar-refractivity contribution is 6.30. The van der Waals surface area contributed by atoms with Crippen molar-refractivity contribution in [3.05, 3.63) is 101 Å². The van der Waals surface area contributed by atoms with Crippen molar-refractivity contribution in [3.8, 4) is 5.75 Å². The van der Waals surface area contributed by atoms with Gasteiger partial charge in [0.2, 0.25) is 0 Å². The van der Waals surface area contributed by atoms with Gasteiger partial charge in [0, 0.05) is 31.2 Å². The molecule has 1 aliphatic heterocycles. The first-order valence-corrected chi connectivity index (χ1v) is 12.4. The van der Waals surface area contributed by atoms with E-state index < -0.39 is 12.1 Å². The number of aliphatic hydroxyl groups excluding tert-OH is 1. The Labute approximate surface area is 211 Å². The number of nitrogens with one attached hydrogen (secondary N) is 2. The molecule has 0 saturated carbocycles. The van der Waals surface area contributed by atoms with Gasteiger partial charge in [-0.1, -0.05) is 66.2 Å². The monoisotopic (exact) mass is 493 g/mol. The Kier molecular flexibility index (Phi) is 9.15. The molecule has 6 nitrogen and oxygen atoms in total. The number of nitrogens with zero attached hydrogens (tertiary/aromatic N) is 1. The summed E-state index contributed by atoms with van der Waals surface area (Å²) in [6.45, 7) is 3.68. The lowest BCUT2D eigenvalue weighted by Gasteiger charge is -2.32. The third kappa shape index (κ3) is 7.29. The van der Waals surface area contributed by atoms with Crippen LogP contribution in [0.1, 0.15) is 22.7 Å². The van der Waals surface area contributed by atoms with Crippen LogP contribution in [0, 0.1) is 0 Å². The fraction of sp³-hybridized carbons (Fsp3) is 0.321. The normalized spacial score (nSPS) is 15.4. The molecule has 3 N–H and O–H groups in total. The molecule has 1 heterocycles. The van der Waals surface area contributed by atoms with E-state index in [0.717, 1.165) is 36.2 Å². The number of piperazine rings is 1. The van der Waals surface area contributed by atoms with E-state index in [1.54, 1.807) is 4.90 Å². The Bertz CT molecular complexity index is 1070. The first-order chi connectivity index (χ1) is 17.1. The van der Waals surface area contributed by atoms with Gasteiger partial charge in [-0.25, -0.2) is 0 Å². The van der Waals surface area contributed by atoms with Crippen LogP contribution in [0.4, 0.5) is 0 Å². The van der Waals surface area contributed by atoms with Crippen molar-refractivity contribution in [1.82, 2.24) is 15.5 Å². The second-order valence-electron chi connectivity index (χ2n) is 8.68. The lowest BCUT2D eigenvalue weighted by atomic mass is 9.99. The minimum absolute atomic E-state index is 0.258. The van der Waals surface area contributed by atoms with Gasteiger partial charge in [0.15, 0.2) is 6.10 Å². The summed E-state index contributed by atoms with van der Waals surface area (Å²) in [5.74, 6) is 0.434. The molecule has 3 aromatic rings. The van der Waals surface area contributed by atoms with Crippen LogP contribution in [0.3, 0.4) is 0 Å². The molecule has 2 unspecified atom stereocenters. The van der Waals surface area contributed by atoms with E-state index in [1.165, 1.54) is 0 Å². The summed E-state index contributed by atoms with van der Waals surface area (Å²) >= 11 is 6.00. The summed E-state index contributed by atoms with van der Waals surface area (Å²) in [5, 5.41) is 18.5. The van der Waals surface area contributed by atoms with E-state index in [4.69, 9.17) is 16.3 Å². The number of halogens is 1. The smallest absolute Gasteiger partial charge is 0.253 e. The zero-order valence-electron chi connectivity index (χ0n) is 19.7. The molecular formula is C28H32ClN3O3. The van der Waals surface area contributed by atoms with E-state index >= 15 is 0 Å². The largest absolute Gasteiger partial charge is 0.489 e. The third-order valence-electron chi connectivity index (χ3n) is 6.15. The summed E-state index contributed by atoms with van der Waals surface area (Å²) in [7, 11) is 0. The molecule has 0 aliphatic carbocycles. The van der Waals surface area contributed by atoms with Crippen molar-refractivity contribution in [2.75, 3.05) is 32.7 Å². The second-order valence-corrected chi connectivity index (χ2v) is 9.11. The molecule has 184 valence electrons. The van der Waals surface area contributed by atoms with Crippen molar-refractivity contribution in [2.45, 2.75) is 25.2 Å². The maximum atomic E-state index is 13.1. The summed E-state index contributed by atoms with van der Waals surface area (Å²) in [6, 6.07) is 24.7. The SMILES string of the molecule is O=C(C(O)C(NCCc1ccc(Cl)cc1)c1cccc(OCc2ccccc2)c1)N1CCNCC1. The molecule has 7 heteroatoms. The number of benzene rings is 3. The summed E-state index contributed by atoms with van der Waals surface area (Å²) in [4.78, 5) is 14.9. The average Bonchev–Trinajstić information content (AvgIpc) is 2.91. The number of aliphatic hydroxyl groups is 1. The standard InChI is InChI=1S/C28H32ClN3O3/c29-24-11-9-21(10-12-24)13-14-31-26(27(33)28(34)32-17-15-30-16-18-32)23-7-4-8-25(19-23)35-20-22-5-2-1-3-6-22/h1-12,19,26-27,30-31,33H,13-18,20H2. The second kappa shape index (κ2) is 12.7. The number of ether oxygens (including phenoxy) is 1. The lowest BCUT2D eigenvalue weighted by Crippen LogP contribution is -2.52. The minimum Gasteiger partial charge on any atom is -0.489 e. The average molecular weight is 494 g/mol. The molecule has 0 aromatic heterocycles. The predicted octanol–water partition coefficient (Wildman–Crippen LogP) is 3.59. The molecule has 1 fully saturated rings. The molecular weight excluding hydrogens is 462 g/mol. The Morgan fingerprint density at radius 1 is 1.00 bits per heavy atom. The molecule has 2 atom stereocenters. The molecule has 0 spiro atoms. The summed E-state index contributed by atoms with van der Waals surface area (Å²) in [6.07, 6.45) is -0.463. The summed E-state index contributed by atoms with van der Waals surface area (Å²) < 4.78 is 6.00. The highest BCUT2D eigenvalue weighted by atomic mass is 35.5. The number of carbonyl (C=O) groups excluding carboxylic acids is 1. The van der Waals surface area contributed by atoms with Crippen molar-refractivity contribution in [3.63, 3.8) is 0 Å². The predicted molar refractivity (Wildman–Crippen MR) is 139 cm³/mol. The summed E-state index contributed by atoms with van der Waals surface area (Å²) in [5.41, 5.74) is 3.01. The van der Waals surface area contributed by atoms with Gasteiger partial charge in [-0.2, -0.15) is 0 Å². The van der Waals surface area contributed by atoms with Gasteiger partial charge in [0.1, 0.15) is 12.4 Å². The number of carbonyl (C=O) groups is 1. The van der Waals surface area contributed by atoms with Gasteiger partial charge in [0.25, 0.3) is 5.91 Å².